The van der Waals surface area contributed by atoms with Crippen LogP contribution in [0.1, 0.15) is 19.3 Å². The maximum absolute atomic E-state index is 11.7. The van der Waals surface area contributed by atoms with Crippen LogP contribution in [-0.2, 0) is 34.1 Å². The van der Waals surface area contributed by atoms with E-state index < -0.39 is 45.4 Å². The van der Waals surface area contributed by atoms with Crippen molar-refractivity contribution in [2.24, 2.45) is 0 Å². The van der Waals surface area contributed by atoms with Gasteiger partial charge in [0, 0.05) is 18.7 Å². The summed E-state index contributed by atoms with van der Waals surface area (Å²) >= 11 is 0. The monoisotopic (exact) mass is 370 g/mol. The van der Waals surface area contributed by atoms with Crippen molar-refractivity contribution in [3.05, 3.63) is 12.2 Å². The first kappa shape index (κ1) is 20.9. The first-order chi connectivity index (χ1) is 10.7. The molecule has 0 aromatic carbocycles. The van der Waals surface area contributed by atoms with Gasteiger partial charge >= 0.3 is 29.6 Å². The fourth-order valence-electron chi connectivity index (χ4n) is 2.13. The van der Waals surface area contributed by atoms with Crippen molar-refractivity contribution < 1.29 is 37.0 Å². The number of nitrogens with zero attached hydrogens (tertiary/aromatic N) is 2. The average molecular weight is 370 g/mol. The molecule has 0 aliphatic carbocycles. The summed E-state index contributed by atoms with van der Waals surface area (Å²) in [6.07, 6.45) is 2.37. The fourth-order valence-corrected chi connectivity index (χ4v) is 2.83. The Balaban J connectivity index is 0.00000288. The van der Waals surface area contributed by atoms with Crippen molar-refractivity contribution in [2.75, 3.05) is 13.2 Å². The first-order valence-electron chi connectivity index (χ1n) is 6.71. The van der Waals surface area contributed by atoms with Gasteiger partial charge in [0.15, 0.2) is 5.25 Å². The summed E-state index contributed by atoms with van der Waals surface area (Å²) < 4.78 is 30.7. The molecule has 0 aromatic rings. The number of imide groups is 2. The Labute approximate surface area is 159 Å². The third-order valence-corrected chi connectivity index (χ3v) is 4.41. The van der Waals surface area contributed by atoms with E-state index in [1.165, 1.54) is 0 Å². The predicted molar refractivity (Wildman–Crippen MR) is 80.0 cm³/mol. The Kier molecular flexibility index (Phi) is 7.25. The maximum atomic E-state index is 11.7. The Hall–Kier alpha value is -1.11. The molecule has 1 unspecified atom stereocenters. The zero-order valence-electron chi connectivity index (χ0n) is 11.9. The van der Waals surface area contributed by atoms with Gasteiger partial charge in [-0.2, -0.15) is 13.5 Å². The number of carbonyl (C=O) groups is 4. The summed E-state index contributed by atoms with van der Waals surface area (Å²) in [5.41, 5.74) is 0. The van der Waals surface area contributed by atoms with Gasteiger partial charge in [0.2, 0.25) is 0 Å². The summed E-state index contributed by atoms with van der Waals surface area (Å²) in [6, 6.07) is 0. The first-order valence-corrected chi connectivity index (χ1v) is 8.21. The van der Waals surface area contributed by atoms with Crippen molar-refractivity contribution in [3.8, 4) is 0 Å². The number of amides is 4. The van der Waals surface area contributed by atoms with Crippen molar-refractivity contribution in [1.29, 1.82) is 0 Å². The van der Waals surface area contributed by atoms with Crippen molar-refractivity contribution >= 4 is 63.3 Å². The Morgan fingerprint density at radius 1 is 1.12 bits per heavy atom. The van der Waals surface area contributed by atoms with Gasteiger partial charge in [-0.15, -0.1) is 0 Å². The molecule has 4 amide bonds. The average Bonchev–Trinajstić information content (AvgIpc) is 2.92. The number of rotatable bonds is 7. The van der Waals surface area contributed by atoms with E-state index >= 15 is 0 Å². The summed E-state index contributed by atoms with van der Waals surface area (Å²) in [4.78, 5) is 51.7. The zero-order chi connectivity index (χ0) is 17.2. The van der Waals surface area contributed by atoms with Crippen LogP contribution in [0.2, 0.25) is 0 Å². The second-order valence-electron chi connectivity index (χ2n) is 4.94. The van der Waals surface area contributed by atoms with Gasteiger partial charge in [-0.05, 0) is 12.8 Å². The van der Waals surface area contributed by atoms with Gasteiger partial charge in [-0.25, -0.2) is 0 Å². The molecule has 10 nitrogen and oxygen atoms in total. The normalized spacial score (nSPS) is 21.0. The third kappa shape index (κ3) is 4.71. The molecular weight excluding hydrogens is 355 g/mol. The van der Waals surface area contributed by atoms with E-state index in [9.17, 15) is 27.6 Å². The molecule has 0 aromatic heterocycles. The van der Waals surface area contributed by atoms with Crippen LogP contribution in [0.4, 0.5) is 0 Å². The summed E-state index contributed by atoms with van der Waals surface area (Å²) in [7, 11) is -4.66. The Morgan fingerprint density at radius 3 is 2.21 bits per heavy atom. The zero-order valence-corrected chi connectivity index (χ0v) is 12.7. The van der Waals surface area contributed by atoms with E-state index in [1.54, 1.807) is 0 Å². The Bertz CT molecular complexity index is 671. The number of hydroxylamine groups is 2. The van der Waals surface area contributed by atoms with Gasteiger partial charge < -0.3 is 0 Å². The second kappa shape index (κ2) is 8.32. The van der Waals surface area contributed by atoms with Crippen LogP contribution in [0.5, 0.6) is 0 Å². The molecule has 0 spiro atoms. The molecule has 1 N–H and O–H groups in total. The van der Waals surface area contributed by atoms with E-state index in [-0.39, 0.29) is 42.7 Å². The van der Waals surface area contributed by atoms with Crippen LogP contribution >= 0.6 is 0 Å². The van der Waals surface area contributed by atoms with Crippen molar-refractivity contribution in [3.63, 3.8) is 0 Å². The topological polar surface area (TPSA) is 138 Å². The standard InChI is InChI=1S/C12H14N2O8S.Na.H/c15-9-3-4-10(16)13(9)5-1-2-6-22-14-11(17)7-8(12(14)18)23(19,20)21;;/h3-4,8H,1-2,5-7H2,(H,19,20,21);;. The minimum absolute atomic E-state index is 0. The molecule has 1 atom stereocenters. The van der Waals surface area contributed by atoms with Gasteiger partial charge in [-0.1, -0.05) is 0 Å². The van der Waals surface area contributed by atoms with Gasteiger partial charge in [0.1, 0.15) is 0 Å². The van der Waals surface area contributed by atoms with Gasteiger partial charge in [0.25, 0.3) is 33.7 Å². The fraction of sp³-hybridized carbons (Fsp3) is 0.500. The van der Waals surface area contributed by atoms with E-state index in [4.69, 9.17) is 9.39 Å². The SMILES string of the molecule is O=C1C=CC(=O)N1CCCCON1C(=O)CC(S(=O)(=O)O)C1=O.[NaH]. The van der Waals surface area contributed by atoms with Crippen LogP contribution in [0.25, 0.3) is 0 Å². The van der Waals surface area contributed by atoms with Gasteiger partial charge in [0.05, 0.1) is 13.0 Å². The second-order valence-corrected chi connectivity index (χ2v) is 6.53. The van der Waals surface area contributed by atoms with E-state index in [1.807, 2.05) is 0 Å². The van der Waals surface area contributed by atoms with Gasteiger partial charge in [-0.3, -0.25) is 33.5 Å². The predicted octanol–water partition coefficient (Wildman–Crippen LogP) is -2.01. The van der Waals surface area contributed by atoms with Crippen molar-refractivity contribution in [1.82, 2.24) is 9.96 Å². The molecule has 1 saturated heterocycles. The molecule has 2 heterocycles. The molecule has 1 fully saturated rings. The quantitative estimate of drug-likeness (QED) is 0.235. The third-order valence-electron chi connectivity index (χ3n) is 3.32. The number of hydrogen-bond acceptors (Lipinski definition) is 7. The molecular formula is C12H15N2NaO8S. The van der Waals surface area contributed by atoms with E-state index in [2.05, 4.69) is 0 Å². The number of hydrogen-bond donors (Lipinski definition) is 1. The Morgan fingerprint density at radius 2 is 1.71 bits per heavy atom. The molecule has 12 heteroatoms. The molecule has 0 saturated carbocycles. The van der Waals surface area contributed by atoms with Crippen LogP contribution in [0.15, 0.2) is 12.2 Å². The molecule has 128 valence electrons. The molecule has 2 aliphatic rings. The minimum atomic E-state index is -4.66. The molecule has 2 aliphatic heterocycles. The van der Waals surface area contributed by atoms with E-state index in [0.717, 1.165) is 17.1 Å². The van der Waals surface area contributed by atoms with Crippen LogP contribution in [-0.4, -0.2) is 94.5 Å². The number of carbonyl (C=O) groups excluding carboxylic acids is 4. The molecule has 2 rings (SSSR count). The van der Waals surface area contributed by atoms with Crippen molar-refractivity contribution in [2.45, 2.75) is 24.5 Å². The van der Waals surface area contributed by atoms with Crippen LogP contribution in [0, 0.1) is 0 Å². The summed E-state index contributed by atoms with van der Waals surface area (Å²) in [5.74, 6) is -2.80. The summed E-state index contributed by atoms with van der Waals surface area (Å²) in [5, 5.41) is -1.51. The molecule has 24 heavy (non-hydrogen) atoms. The van der Waals surface area contributed by atoms with Crippen LogP contribution < -0.4 is 0 Å². The summed E-state index contributed by atoms with van der Waals surface area (Å²) in [6.45, 7) is 0.0862. The molecule has 0 bridgehead atoms. The van der Waals surface area contributed by atoms with E-state index in [0.29, 0.717) is 17.9 Å². The molecule has 0 radical (unpaired) electrons. The van der Waals surface area contributed by atoms with Crippen LogP contribution in [0.3, 0.4) is 0 Å². The number of unbranched alkanes of at least 4 members (excludes halogenated alkanes) is 1.